The van der Waals surface area contributed by atoms with E-state index in [1.165, 1.54) is 19.3 Å². The standard InChI is InChI=1S/C17H23NO2/c1-11(9-13-7-8-13)18-12(2)16-10-14-5-4-6-15(19-3)17(14)20-16/h4-6,10-13,18H,7-9H2,1-3H3. The van der Waals surface area contributed by atoms with Crippen LogP contribution in [0, 0.1) is 5.92 Å². The summed E-state index contributed by atoms with van der Waals surface area (Å²) in [4.78, 5) is 0. The summed E-state index contributed by atoms with van der Waals surface area (Å²) in [6.07, 6.45) is 4.08. The second-order valence-electron chi connectivity index (χ2n) is 6.00. The minimum Gasteiger partial charge on any atom is -0.493 e. The highest BCUT2D eigenvalue weighted by molar-refractivity contribution is 5.83. The van der Waals surface area contributed by atoms with E-state index in [1.54, 1.807) is 7.11 Å². The highest BCUT2D eigenvalue weighted by Gasteiger charge is 2.24. The molecule has 1 saturated carbocycles. The zero-order valence-corrected chi connectivity index (χ0v) is 12.5. The van der Waals surface area contributed by atoms with Gasteiger partial charge in [0.15, 0.2) is 11.3 Å². The van der Waals surface area contributed by atoms with Gasteiger partial charge < -0.3 is 14.5 Å². The van der Waals surface area contributed by atoms with Crippen LogP contribution in [0.5, 0.6) is 5.75 Å². The molecular weight excluding hydrogens is 250 g/mol. The number of ether oxygens (including phenoxy) is 1. The van der Waals surface area contributed by atoms with Crippen LogP contribution in [0.2, 0.25) is 0 Å². The maximum atomic E-state index is 5.99. The molecule has 2 aromatic rings. The first-order chi connectivity index (χ1) is 9.67. The summed E-state index contributed by atoms with van der Waals surface area (Å²) in [6.45, 7) is 4.42. The van der Waals surface area contributed by atoms with Crippen LogP contribution in [-0.2, 0) is 0 Å². The molecule has 0 spiro atoms. The Bertz CT molecular complexity index is 586. The van der Waals surface area contributed by atoms with Crippen molar-refractivity contribution < 1.29 is 9.15 Å². The van der Waals surface area contributed by atoms with Crippen molar-refractivity contribution in [2.45, 2.75) is 45.2 Å². The van der Waals surface area contributed by atoms with E-state index >= 15 is 0 Å². The second kappa shape index (κ2) is 5.49. The molecule has 1 N–H and O–H groups in total. The van der Waals surface area contributed by atoms with E-state index in [1.807, 2.05) is 12.1 Å². The number of benzene rings is 1. The molecule has 1 aromatic heterocycles. The van der Waals surface area contributed by atoms with Gasteiger partial charge in [0.25, 0.3) is 0 Å². The van der Waals surface area contributed by atoms with Gasteiger partial charge in [0.1, 0.15) is 5.76 Å². The molecule has 3 rings (SSSR count). The van der Waals surface area contributed by atoms with Crippen LogP contribution in [-0.4, -0.2) is 13.2 Å². The summed E-state index contributed by atoms with van der Waals surface area (Å²) in [5, 5.41) is 4.73. The number of nitrogens with one attached hydrogen (secondary N) is 1. The molecule has 0 amide bonds. The third kappa shape index (κ3) is 2.83. The lowest BCUT2D eigenvalue weighted by atomic mass is 10.1. The molecule has 3 nitrogen and oxygen atoms in total. The Kier molecular flexibility index (Phi) is 3.70. The van der Waals surface area contributed by atoms with Gasteiger partial charge in [-0.1, -0.05) is 25.0 Å². The quantitative estimate of drug-likeness (QED) is 0.853. The third-order valence-corrected chi connectivity index (χ3v) is 4.09. The third-order valence-electron chi connectivity index (χ3n) is 4.09. The Labute approximate surface area is 120 Å². The summed E-state index contributed by atoms with van der Waals surface area (Å²) >= 11 is 0. The fraction of sp³-hybridized carbons (Fsp3) is 0.529. The van der Waals surface area contributed by atoms with Crippen LogP contribution in [0.4, 0.5) is 0 Å². The molecule has 3 heteroatoms. The van der Waals surface area contributed by atoms with Gasteiger partial charge in [-0.05, 0) is 38.3 Å². The molecule has 1 heterocycles. The van der Waals surface area contributed by atoms with Gasteiger partial charge in [0.2, 0.25) is 0 Å². The molecule has 20 heavy (non-hydrogen) atoms. The van der Waals surface area contributed by atoms with Crippen molar-refractivity contribution in [3.63, 3.8) is 0 Å². The average molecular weight is 273 g/mol. The lowest BCUT2D eigenvalue weighted by Gasteiger charge is -2.18. The Morgan fingerprint density at radius 1 is 1.35 bits per heavy atom. The first kappa shape index (κ1) is 13.5. The van der Waals surface area contributed by atoms with Crippen molar-refractivity contribution in [2.75, 3.05) is 7.11 Å². The Morgan fingerprint density at radius 3 is 2.85 bits per heavy atom. The first-order valence-electron chi connectivity index (χ1n) is 7.50. The van der Waals surface area contributed by atoms with Gasteiger partial charge in [0, 0.05) is 11.4 Å². The van der Waals surface area contributed by atoms with Crippen molar-refractivity contribution in [3.05, 3.63) is 30.0 Å². The van der Waals surface area contributed by atoms with Crippen molar-refractivity contribution in [1.82, 2.24) is 5.32 Å². The van der Waals surface area contributed by atoms with Crippen molar-refractivity contribution in [1.29, 1.82) is 0 Å². The molecule has 0 bridgehead atoms. The van der Waals surface area contributed by atoms with Crippen molar-refractivity contribution in [3.8, 4) is 5.75 Å². The van der Waals surface area contributed by atoms with E-state index in [9.17, 15) is 0 Å². The number of hydrogen-bond acceptors (Lipinski definition) is 3. The van der Waals surface area contributed by atoms with Gasteiger partial charge >= 0.3 is 0 Å². The van der Waals surface area contributed by atoms with Crippen LogP contribution < -0.4 is 10.1 Å². The van der Waals surface area contributed by atoms with Gasteiger partial charge in [-0.15, -0.1) is 0 Å². The van der Waals surface area contributed by atoms with Crippen LogP contribution >= 0.6 is 0 Å². The Hall–Kier alpha value is -1.48. The fourth-order valence-corrected chi connectivity index (χ4v) is 2.86. The fourth-order valence-electron chi connectivity index (χ4n) is 2.86. The molecule has 108 valence electrons. The van der Waals surface area contributed by atoms with Crippen LogP contribution in [0.3, 0.4) is 0 Å². The molecule has 1 fully saturated rings. The van der Waals surface area contributed by atoms with Gasteiger partial charge in [-0.3, -0.25) is 0 Å². The number of para-hydroxylation sites is 1. The number of rotatable bonds is 6. The average Bonchev–Trinajstić information content (AvgIpc) is 3.12. The maximum absolute atomic E-state index is 5.99. The Morgan fingerprint density at radius 2 is 2.15 bits per heavy atom. The minimum absolute atomic E-state index is 0.223. The molecule has 1 aromatic carbocycles. The number of methoxy groups -OCH3 is 1. The van der Waals surface area contributed by atoms with Gasteiger partial charge in [0.05, 0.1) is 13.2 Å². The molecule has 1 aliphatic carbocycles. The topological polar surface area (TPSA) is 34.4 Å². The minimum atomic E-state index is 0.223. The van der Waals surface area contributed by atoms with Gasteiger partial charge in [-0.25, -0.2) is 0 Å². The van der Waals surface area contributed by atoms with Crippen molar-refractivity contribution in [2.24, 2.45) is 5.92 Å². The lowest BCUT2D eigenvalue weighted by molar-refractivity contribution is 0.379. The van der Waals surface area contributed by atoms with E-state index in [-0.39, 0.29) is 6.04 Å². The SMILES string of the molecule is COc1cccc2cc(C(C)NC(C)CC3CC3)oc12. The smallest absolute Gasteiger partial charge is 0.176 e. The van der Waals surface area contributed by atoms with Crippen LogP contribution in [0.15, 0.2) is 28.7 Å². The Balaban J connectivity index is 1.75. The number of furan rings is 1. The van der Waals surface area contributed by atoms with Crippen molar-refractivity contribution >= 4 is 11.0 Å². The molecule has 1 aliphatic rings. The van der Waals surface area contributed by atoms with E-state index in [0.717, 1.165) is 28.4 Å². The summed E-state index contributed by atoms with van der Waals surface area (Å²) in [5.74, 6) is 2.72. The summed E-state index contributed by atoms with van der Waals surface area (Å²) in [6, 6.07) is 8.86. The first-order valence-corrected chi connectivity index (χ1v) is 7.50. The number of fused-ring (bicyclic) bond motifs is 1. The highest BCUT2D eigenvalue weighted by atomic mass is 16.5. The molecule has 0 radical (unpaired) electrons. The molecule has 0 saturated heterocycles. The number of hydrogen-bond donors (Lipinski definition) is 1. The lowest BCUT2D eigenvalue weighted by Crippen LogP contribution is -2.29. The van der Waals surface area contributed by atoms with E-state index in [2.05, 4.69) is 31.3 Å². The van der Waals surface area contributed by atoms with E-state index in [4.69, 9.17) is 9.15 Å². The zero-order valence-electron chi connectivity index (χ0n) is 12.5. The zero-order chi connectivity index (χ0) is 14.1. The molecule has 2 atom stereocenters. The maximum Gasteiger partial charge on any atom is 0.176 e. The molecular formula is C17H23NO2. The predicted octanol–water partition coefficient (Wildman–Crippen LogP) is 4.28. The molecule has 0 aliphatic heterocycles. The van der Waals surface area contributed by atoms with Crippen LogP contribution in [0.1, 0.15) is 44.9 Å². The largest absolute Gasteiger partial charge is 0.493 e. The monoisotopic (exact) mass is 273 g/mol. The summed E-state index contributed by atoms with van der Waals surface area (Å²) < 4.78 is 11.3. The summed E-state index contributed by atoms with van der Waals surface area (Å²) in [5.41, 5.74) is 0.841. The van der Waals surface area contributed by atoms with E-state index < -0.39 is 0 Å². The molecule has 2 unspecified atom stereocenters. The second-order valence-corrected chi connectivity index (χ2v) is 6.00. The predicted molar refractivity (Wildman–Crippen MR) is 81.1 cm³/mol. The normalized spacial score (nSPS) is 18.1. The highest BCUT2D eigenvalue weighted by Crippen LogP contribution is 2.34. The van der Waals surface area contributed by atoms with Crippen LogP contribution in [0.25, 0.3) is 11.0 Å². The summed E-state index contributed by atoms with van der Waals surface area (Å²) in [7, 11) is 1.68. The van der Waals surface area contributed by atoms with Gasteiger partial charge in [-0.2, -0.15) is 0 Å². The van der Waals surface area contributed by atoms with E-state index in [0.29, 0.717) is 6.04 Å².